The van der Waals surface area contributed by atoms with Crippen LogP contribution in [0.3, 0.4) is 0 Å². The molecule has 4 nitrogen and oxygen atoms in total. The summed E-state index contributed by atoms with van der Waals surface area (Å²) in [6.07, 6.45) is 0.508. The van der Waals surface area contributed by atoms with Crippen molar-refractivity contribution < 1.29 is 4.74 Å². The van der Waals surface area contributed by atoms with Crippen LogP contribution in [0, 0.1) is 22.7 Å². The second-order valence-corrected chi connectivity index (χ2v) is 16.2. The highest BCUT2D eigenvalue weighted by Gasteiger charge is 2.48. The molecule has 0 saturated carbocycles. The molecule has 2 aliphatic heterocycles. The van der Waals surface area contributed by atoms with E-state index in [9.17, 15) is 10.5 Å². The Morgan fingerprint density at radius 1 is 0.547 bits per heavy atom. The van der Waals surface area contributed by atoms with E-state index in [1.165, 1.54) is 44.8 Å². The lowest BCUT2D eigenvalue weighted by molar-refractivity contribution is 0.380. The van der Waals surface area contributed by atoms with E-state index in [0.29, 0.717) is 24.1 Å². The fraction of sp³-hybridized carbons (Fsp3) is 0.224. The van der Waals surface area contributed by atoms with Crippen LogP contribution in [0.5, 0.6) is 0 Å². The predicted molar refractivity (Wildman–Crippen MR) is 209 cm³/mol. The zero-order valence-corrected chi connectivity index (χ0v) is 30.4. The van der Waals surface area contributed by atoms with Crippen molar-refractivity contribution >= 4 is 11.4 Å². The summed E-state index contributed by atoms with van der Waals surface area (Å²) >= 11 is 0. The normalized spacial score (nSPS) is 19.2. The number of epoxide rings is 1. The van der Waals surface area contributed by atoms with Gasteiger partial charge in [-0.05, 0) is 110 Å². The molecule has 6 aromatic rings. The minimum absolute atomic E-state index is 0.101. The Bertz CT molecular complexity index is 2340. The molecule has 0 N–H and O–H groups in total. The third-order valence-electron chi connectivity index (χ3n) is 12.7. The number of rotatable bonds is 4. The molecule has 6 aromatic carbocycles. The van der Waals surface area contributed by atoms with Gasteiger partial charge in [-0.25, -0.2) is 0 Å². The Kier molecular flexibility index (Phi) is 6.76. The van der Waals surface area contributed by atoms with E-state index >= 15 is 0 Å². The van der Waals surface area contributed by atoms with Gasteiger partial charge in [0.05, 0.1) is 23.3 Å². The largest absolute Gasteiger partial charge is 0.359 e. The van der Waals surface area contributed by atoms with Gasteiger partial charge in [0.2, 0.25) is 0 Å². The molecule has 53 heavy (non-hydrogen) atoms. The van der Waals surface area contributed by atoms with Crippen LogP contribution < -0.4 is 4.90 Å². The number of benzene rings is 6. The quantitative estimate of drug-likeness (QED) is 0.173. The van der Waals surface area contributed by atoms with E-state index in [0.717, 1.165) is 33.4 Å². The summed E-state index contributed by atoms with van der Waals surface area (Å²) in [7, 11) is 0. The Balaban J connectivity index is 1.11. The van der Waals surface area contributed by atoms with E-state index in [-0.39, 0.29) is 29.0 Å². The molecule has 2 unspecified atom stereocenters. The highest BCUT2D eigenvalue weighted by Crippen LogP contribution is 2.60. The molecule has 4 aliphatic rings. The first kappa shape index (κ1) is 31.8. The lowest BCUT2D eigenvalue weighted by Gasteiger charge is -2.42. The fourth-order valence-electron chi connectivity index (χ4n) is 9.94. The average molecular weight is 686 g/mol. The Hall–Kier alpha value is -5.94. The zero-order valence-electron chi connectivity index (χ0n) is 30.4. The molecular formula is C49H39N3O. The lowest BCUT2D eigenvalue weighted by atomic mass is 9.64. The molecule has 4 heteroatoms. The van der Waals surface area contributed by atoms with Crippen LogP contribution in [0.1, 0.15) is 113 Å². The van der Waals surface area contributed by atoms with Crippen LogP contribution in [0.25, 0.3) is 11.1 Å². The van der Waals surface area contributed by atoms with E-state index in [1.807, 2.05) is 0 Å². The highest BCUT2D eigenvalue weighted by atomic mass is 16.6. The number of anilines is 2. The van der Waals surface area contributed by atoms with Crippen molar-refractivity contribution in [3.05, 3.63) is 188 Å². The monoisotopic (exact) mass is 685 g/mol. The van der Waals surface area contributed by atoms with Gasteiger partial charge >= 0.3 is 0 Å². The zero-order chi connectivity index (χ0) is 36.2. The van der Waals surface area contributed by atoms with E-state index < -0.39 is 0 Å². The maximum Gasteiger partial charge on any atom is 0.114 e. The summed E-state index contributed by atoms with van der Waals surface area (Å²) in [5, 5.41) is 21.1. The van der Waals surface area contributed by atoms with Crippen LogP contribution in [0.15, 0.2) is 121 Å². The van der Waals surface area contributed by atoms with Crippen molar-refractivity contribution in [2.24, 2.45) is 0 Å². The first-order chi connectivity index (χ1) is 25.7. The van der Waals surface area contributed by atoms with Crippen LogP contribution in [-0.2, 0) is 28.5 Å². The first-order valence-electron chi connectivity index (χ1n) is 18.7. The summed E-state index contributed by atoms with van der Waals surface area (Å²) in [4.78, 5) is 2.38. The maximum atomic E-state index is 10.6. The summed E-state index contributed by atoms with van der Waals surface area (Å²) in [6, 6.07) is 48.7. The van der Waals surface area contributed by atoms with Gasteiger partial charge < -0.3 is 9.64 Å². The molecule has 0 spiro atoms. The molecule has 0 radical (unpaired) electrons. The van der Waals surface area contributed by atoms with Gasteiger partial charge in [-0.3, -0.25) is 0 Å². The summed E-state index contributed by atoms with van der Waals surface area (Å²) in [5.41, 5.74) is 17.7. The van der Waals surface area contributed by atoms with Gasteiger partial charge in [-0.15, -0.1) is 0 Å². The molecule has 1 saturated heterocycles. The number of para-hydroxylation sites is 2. The predicted octanol–water partition coefficient (Wildman–Crippen LogP) is 11.2. The second-order valence-electron chi connectivity index (χ2n) is 16.2. The number of fused-ring (bicyclic) bond motifs is 10. The van der Waals surface area contributed by atoms with Gasteiger partial charge in [-0.2, -0.15) is 10.5 Å². The molecule has 0 bridgehead atoms. The minimum atomic E-state index is -0.154. The van der Waals surface area contributed by atoms with Crippen LogP contribution in [-0.4, -0.2) is 0 Å². The van der Waals surface area contributed by atoms with Gasteiger partial charge in [0.25, 0.3) is 0 Å². The van der Waals surface area contributed by atoms with Crippen LogP contribution in [0.4, 0.5) is 11.4 Å². The summed E-state index contributed by atoms with van der Waals surface area (Å²) < 4.78 is 6.31. The molecule has 10 rings (SSSR count). The van der Waals surface area contributed by atoms with Crippen molar-refractivity contribution in [1.82, 2.24) is 0 Å². The maximum absolute atomic E-state index is 10.6. The topological polar surface area (TPSA) is 63.4 Å². The third-order valence-corrected chi connectivity index (χ3v) is 12.7. The van der Waals surface area contributed by atoms with Gasteiger partial charge in [0.1, 0.15) is 12.2 Å². The van der Waals surface area contributed by atoms with Crippen LogP contribution >= 0.6 is 0 Å². The molecule has 256 valence electrons. The average Bonchev–Trinajstić information content (AvgIpc) is 3.99. The molecule has 2 aliphatic carbocycles. The molecule has 0 aromatic heterocycles. The van der Waals surface area contributed by atoms with E-state index in [4.69, 9.17) is 4.74 Å². The number of nitriles is 2. The van der Waals surface area contributed by atoms with Crippen molar-refractivity contribution in [2.45, 2.75) is 69.6 Å². The van der Waals surface area contributed by atoms with Gasteiger partial charge in [0.15, 0.2) is 0 Å². The van der Waals surface area contributed by atoms with E-state index in [2.05, 4.69) is 166 Å². The molecular weight excluding hydrogens is 647 g/mol. The third kappa shape index (κ3) is 4.56. The van der Waals surface area contributed by atoms with Crippen molar-refractivity contribution in [1.29, 1.82) is 10.5 Å². The molecule has 0 amide bonds. The Morgan fingerprint density at radius 2 is 0.981 bits per heavy atom. The van der Waals surface area contributed by atoms with Crippen molar-refractivity contribution in [3.63, 3.8) is 0 Å². The fourth-order valence-corrected chi connectivity index (χ4v) is 9.94. The first-order valence-corrected chi connectivity index (χ1v) is 18.7. The number of hydrogen-bond donors (Lipinski definition) is 0. The van der Waals surface area contributed by atoms with Crippen molar-refractivity contribution in [2.75, 3.05) is 4.90 Å². The Labute approximate surface area is 311 Å². The number of nitrogens with zero attached hydrogens (tertiary/aromatic N) is 3. The standard InChI is InChI=1S/C49H39N3O/c1-48(2)40-15-7-5-13-33(40)35(34-14-6-8-16-41(34)48)21-29-22-36-37-25-32(31(27-51)24-39(37)47-46(53-47)38(36)23-30(29)26-50)28-52-44-19-11-9-17-42(44)49(3,4)43-18-10-12-20-45(43)52/h5-20,22-25,35,46-47H,21,28H2,1-4H3. The lowest BCUT2D eigenvalue weighted by Crippen LogP contribution is -2.32. The SMILES string of the molecule is CC1(C)c2ccccc2C(Cc2cc3c(cc2C#N)C2OC2c2cc(C#N)c(CN4c5ccccc5C(C)(C)c5ccccc54)cc2-3)c2ccccc21. The van der Waals surface area contributed by atoms with Gasteiger partial charge in [-0.1, -0.05) is 113 Å². The Morgan fingerprint density at radius 3 is 1.51 bits per heavy atom. The summed E-state index contributed by atoms with van der Waals surface area (Å²) in [6.45, 7) is 9.78. The van der Waals surface area contributed by atoms with Crippen LogP contribution in [0.2, 0.25) is 0 Å². The number of hydrogen-bond acceptors (Lipinski definition) is 4. The van der Waals surface area contributed by atoms with Gasteiger partial charge in [0, 0.05) is 34.7 Å². The summed E-state index contributed by atoms with van der Waals surface area (Å²) in [5.74, 6) is 0.119. The molecule has 1 fully saturated rings. The molecule has 2 heterocycles. The second kappa shape index (κ2) is 11.3. The molecule has 2 atom stereocenters. The van der Waals surface area contributed by atoms with E-state index in [1.54, 1.807) is 0 Å². The highest BCUT2D eigenvalue weighted by molar-refractivity contribution is 5.81. The minimum Gasteiger partial charge on any atom is -0.359 e. The van der Waals surface area contributed by atoms with Crippen molar-refractivity contribution in [3.8, 4) is 23.3 Å². The smallest absolute Gasteiger partial charge is 0.114 e. The number of ether oxygens (including phenoxy) is 1.